The van der Waals surface area contributed by atoms with Crippen molar-refractivity contribution in [1.82, 2.24) is 0 Å². The standard InChI is InChI=1S/C9H18OSi/c1-7-5-4-6-8(9(7)10)11(2)3/h4-5,7-11H,6H2,1-3H3/t7-,8?,9-/m0/s1. The van der Waals surface area contributed by atoms with Crippen LogP contribution in [-0.2, 0) is 0 Å². The molecule has 0 saturated carbocycles. The molecular weight excluding hydrogens is 152 g/mol. The number of allylic oxidation sites excluding steroid dienone is 1. The van der Waals surface area contributed by atoms with Crippen molar-refractivity contribution in [2.24, 2.45) is 5.92 Å². The predicted molar refractivity (Wildman–Crippen MR) is 51.6 cm³/mol. The molecule has 0 radical (unpaired) electrons. The van der Waals surface area contributed by atoms with Gasteiger partial charge in [-0.1, -0.05) is 32.2 Å². The fourth-order valence-corrected chi connectivity index (χ4v) is 3.60. The van der Waals surface area contributed by atoms with Crippen LogP contribution >= 0.6 is 0 Å². The quantitative estimate of drug-likeness (QED) is 0.470. The third kappa shape index (κ3) is 1.94. The Balaban J connectivity index is 2.62. The molecule has 1 N–H and O–H groups in total. The summed E-state index contributed by atoms with van der Waals surface area (Å²) in [4.78, 5) is 0. The van der Waals surface area contributed by atoms with Crippen LogP contribution in [0.1, 0.15) is 13.3 Å². The van der Waals surface area contributed by atoms with Gasteiger partial charge >= 0.3 is 0 Å². The zero-order chi connectivity index (χ0) is 8.43. The number of aliphatic hydroxyl groups excluding tert-OH is 1. The van der Waals surface area contributed by atoms with Crippen LogP contribution in [0.25, 0.3) is 0 Å². The Bertz CT molecular complexity index is 154. The smallest absolute Gasteiger partial charge is 0.0604 e. The van der Waals surface area contributed by atoms with Gasteiger partial charge in [0.25, 0.3) is 0 Å². The summed E-state index contributed by atoms with van der Waals surface area (Å²) >= 11 is 0. The van der Waals surface area contributed by atoms with E-state index in [0.29, 0.717) is 11.5 Å². The molecule has 11 heavy (non-hydrogen) atoms. The number of hydrogen-bond acceptors (Lipinski definition) is 1. The van der Waals surface area contributed by atoms with Crippen molar-refractivity contribution in [3.05, 3.63) is 12.2 Å². The normalized spacial score (nSPS) is 38.1. The van der Waals surface area contributed by atoms with Crippen molar-refractivity contribution in [2.75, 3.05) is 0 Å². The van der Waals surface area contributed by atoms with Gasteiger partial charge in [-0.3, -0.25) is 0 Å². The highest BCUT2D eigenvalue weighted by molar-refractivity contribution is 6.57. The van der Waals surface area contributed by atoms with Gasteiger partial charge in [0.05, 0.1) is 6.10 Å². The summed E-state index contributed by atoms with van der Waals surface area (Å²) in [7, 11) is -0.649. The van der Waals surface area contributed by atoms with Crippen LogP contribution in [-0.4, -0.2) is 20.0 Å². The van der Waals surface area contributed by atoms with Gasteiger partial charge in [-0.25, -0.2) is 0 Å². The van der Waals surface area contributed by atoms with Gasteiger partial charge in [0.15, 0.2) is 0 Å². The van der Waals surface area contributed by atoms with E-state index in [1.165, 1.54) is 0 Å². The first-order valence-corrected chi connectivity index (χ1v) is 7.45. The molecule has 0 bridgehead atoms. The predicted octanol–water partition coefficient (Wildman–Crippen LogP) is 1.80. The Morgan fingerprint density at radius 1 is 1.45 bits per heavy atom. The molecule has 0 spiro atoms. The summed E-state index contributed by atoms with van der Waals surface area (Å²) in [6.07, 6.45) is 5.41. The van der Waals surface area contributed by atoms with E-state index in [4.69, 9.17) is 0 Å². The van der Waals surface area contributed by atoms with E-state index in [9.17, 15) is 5.11 Å². The van der Waals surface area contributed by atoms with Gasteiger partial charge in [-0.05, 0) is 17.9 Å². The molecule has 64 valence electrons. The lowest BCUT2D eigenvalue weighted by molar-refractivity contribution is 0.123. The molecule has 1 nitrogen and oxygen atoms in total. The average molecular weight is 170 g/mol. The molecule has 0 saturated heterocycles. The zero-order valence-corrected chi connectivity index (χ0v) is 8.77. The SMILES string of the molecule is C[C@H]1C=CCC([SiH](C)C)[C@H]1O. The van der Waals surface area contributed by atoms with Crippen LogP contribution in [0.15, 0.2) is 12.2 Å². The van der Waals surface area contributed by atoms with Gasteiger partial charge < -0.3 is 5.11 Å². The fourth-order valence-electron chi connectivity index (χ4n) is 1.76. The van der Waals surface area contributed by atoms with Gasteiger partial charge in [-0.15, -0.1) is 0 Å². The highest BCUT2D eigenvalue weighted by Crippen LogP contribution is 2.30. The monoisotopic (exact) mass is 170 g/mol. The molecule has 2 heteroatoms. The number of rotatable bonds is 1. The maximum Gasteiger partial charge on any atom is 0.0604 e. The van der Waals surface area contributed by atoms with Gasteiger partial charge in [-0.2, -0.15) is 0 Å². The van der Waals surface area contributed by atoms with E-state index in [1.54, 1.807) is 0 Å². The Morgan fingerprint density at radius 3 is 2.55 bits per heavy atom. The summed E-state index contributed by atoms with van der Waals surface area (Å²) in [6.45, 7) is 6.74. The third-order valence-corrected chi connectivity index (χ3v) is 5.06. The van der Waals surface area contributed by atoms with E-state index in [0.717, 1.165) is 6.42 Å². The van der Waals surface area contributed by atoms with E-state index in [-0.39, 0.29) is 6.10 Å². The second-order valence-electron chi connectivity index (χ2n) is 3.92. The molecule has 1 aliphatic rings. The zero-order valence-electron chi connectivity index (χ0n) is 7.62. The minimum Gasteiger partial charge on any atom is -0.393 e. The van der Waals surface area contributed by atoms with Gasteiger partial charge in [0.2, 0.25) is 0 Å². The summed E-state index contributed by atoms with van der Waals surface area (Å²) in [5.74, 6) is 0.378. The second kappa shape index (κ2) is 3.54. The average Bonchev–Trinajstić information content (AvgIpc) is 1.94. The fraction of sp³-hybridized carbons (Fsp3) is 0.778. The highest BCUT2D eigenvalue weighted by Gasteiger charge is 2.28. The van der Waals surface area contributed by atoms with Crippen molar-refractivity contribution < 1.29 is 5.11 Å². The van der Waals surface area contributed by atoms with Crippen LogP contribution in [0, 0.1) is 5.92 Å². The second-order valence-corrected chi connectivity index (χ2v) is 7.27. The summed E-state index contributed by atoms with van der Waals surface area (Å²) < 4.78 is 0. The Labute approximate surface area is 70.7 Å². The topological polar surface area (TPSA) is 20.2 Å². The first-order chi connectivity index (χ1) is 5.13. The van der Waals surface area contributed by atoms with Crippen LogP contribution in [0.2, 0.25) is 18.6 Å². The summed E-state index contributed by atoms with van der Waals surface area (Å²) in [5.41, 5.74) is 0.606. The first-order valence-electron chi connectivity index (χ1n) is 4.47. The number of aliphatic hydroxyl groups is 1. The Morgan fingerprint density at radius 2 is 2.09 bits per heavy atom. The minimum absolute atomic E-state index is 0.0633. The Hall–Kier alpha value is -0.0831. The lowest BCUT2D eigenvalue weighted by Crippen LogP contribution is -2.32. The Kier molecular flexibility index (Phi) is 2.90. The molecule has 1 aliphatic carbocycles. The van der Waals surface area contributed by atoms with E-state index in [1.807, 2.05) is 0 Å². The van der Waals surface area contributed by atoms with E-state index >= 15 is 0 Å². The molecule has 0 amide bonds. The van der Waals surface area contributed by atoms with Crippen LogP contribution in [0.5, 0.6) is 0 Å². The molecule has 0 aromatic carbocycles. The molecule has 0 heterocycles. The molecule has 0 fully saturated rings. The molecule has 0 aromatic rings. The summed E-state index contributed by atoms with van der Waals surface area (Å²) in [5, 5.41) is 9.79. The van der Waals surface area contributed by atoms with Crippen LogP contribution in [0.3, 0.4) is 0 Å². The van der Waals surface area contributed by atoms with E-state index < -0.39 is 8.80 Å². The van der Waals surface area contributed by atoms with Crippen molar-refractivity contribution >= 4 is 8.80 Å². The third-order valence-electron chi connectivity index (χ3n) is 2.68. The van der Waals surface area contributed by atoms with Crippen molar-refractivity contribution in [2.45, 2.75) is 38.1 Å². The minimum atomic E-state index is -0.649. The van der Waals surface area contributed by atoms with Crippen LogP contribution in [0.4, 0.5) is 0 Å². The van der Waals surface area contributed by atoms with Crippen molar-refractivity contribution in [3.63, 3.8) is 0 Å². The van der Waals surface area contributed by atoms with Gasteiger partial charge in [0, 0.05) is 8.80 Å². The van der Waals surface area contributed by atoms with Crippen LogP contribution < -0.4 is 0 Å². The summed E-state index contributed by atoms with van der Waals surface area (Å²) in [6, 6.07) is 0. The molecule has 3 atom stereocenters. The molecular formula is C9H18OSi. The van der Waals surface area contributed by atoms with Crippen molar-refractivity contribution in [1.29, 1.82) is 0 Å². The highest BCUT2D eigenvalue weighted by atomic mass is 28.3. The maximum absolute atomic E-state index is 9.79. The largest absolute Gasteiger partial charge is 0.393 e. The van der Waals surface area contributed by atoms with E-state index in [2.05, 4.69) is 32.2 Å². The molecule has 1 unspecified atom stereocenters. The molecule has 0 aromatic heterocycles. The molecule has 0 aliphatic heterocycles. The molecule has 1 rings (SSSR count). The first kappa shape index (κ1) is 9.01. The van der Waals surface area contributed by atoms with Crippen molar-refractivity contribution in [3.8, 4) is 0 Å². The number of hydrogen-bond donors (Lipinski definition) is 1. The lowest BCUT2D eigenvalue weighted by Gasteiger charge is -2.31. The maximum atomic E-state index is 9.79. The lowest BCUT2D eigenvalue weighted by atomic mass is 9.94. The van der Waals surface area contributed by atoms with Gasteiger partial charge in [0.1, 0.15) is 0 Å².